The number of hydrogen-bond acceptors (Lipinski definition) is 5. The van der Waals surface area contributed by atoms with Gasteiger partial charge >= 0.3 is 11.9 Å². The Kier molecular flexibility index (Phi) is 32.1. The number of aliphatic hydroxyl groups is 1. The Morgan fingerprint density at radius 1 is 0.524 bits per heavy atom. The van der Waals surface area contributed by atoms with Crippen molar-refractivity contribution in [1.82, 2.24) is 0 Å². The Balaban J connectivity index is 3.47. The molecule has 0 saturated heterocycles. The third-order valence-corrected chi connectivity index (χ3v) is 7.39. The van der Waals surface area contributed by atoms with E-state index in [9.17, 15) is 14.7 Å². The number of allylic oxidation sites excluding steroid dienone is 6. The van der Waals surface area contributed by atoms with E-state index in [2.05, 4.69) is 50.3 Å². The van der Waals surface area contributed by atoms with Crippen LogP contribution in [0.3, 0.4) is 0 Å². The summed E-state index contributed by atoms with van der Waals surface area (Å²) in [5.74, 6) is -0.584. The van der Waals surface area contributed by atoms with Gasteiger partial charge in [-0.15, -0.1) is 0 Å². The van der Waals surface area contributed by atoms with Gasteiger partial charge in [-0.1, -0.05) is 147 Å². The quantitative estimate of drug-likeness (QED) is 0.0494. The van der Waals surface area contributed by atoms with E-state index in [0.29, 0.717) is 12.8 Å². The average Bonchev–Trinajstić information content (AvgIpc) is 2.99. The standard InChI is InChI=1S/C37H66O5/c1-3-5-7-9-11-13-15-17-18-20-22-24-26-28-30-32-37(40)42-34-35(38)33-41-36(39)31-29-27-25-23-21-19-16-14-12-10-8-6-4-2/h5,7,11,13,17-18,35,38H,3-4,6,8-10,12,14-16,19-34H2,1-2H3/b7-5-,13-11-,18-17-/t35-/m1/s1. The second kappa shape index (κ2) is 33.6. The van der Waals surface area contributed by atoms with Crippen LogP contribution in [0.5, 0.6) is 0 Å². The van der Waals surface area contributed by atoms with E-state index >= 15 is 0 Å². The predicted octanol–water partition coefficient (Wildman–Crippen LogP) is 10.5. The first kappa shape index (κ1) is 40.1. The number of carbonyl (C=O) groups is 2. The van der Waals surface area contributed by atoms with Crippen molar-refractivity contribution in [2.45, 2.75) is 174 Å². The molecule has 1 N–H and O–H groups in total. The number of ether oxygens (including phenoxy) is 2. The second-order valence-corrected chi connectivity index (χ2v) is 11.6. The first-order valence-corrected chi connectivity index (χ1v) is 17.5. The van der Waals surface area contributed by atoms with Crippen molar-refractivity contribution in [1.29, 1.82) is 0 Å². The van der Waals surface area contributed by atoms with Crippen LogP contribution in [0.15, 0.2) is 36.5 Å². The maximum Gasteiger partial charge on any atom is 0.305 e. The van der Waals surface area contributed by atoms with E-state index in [0.717, 1.165) is 64.2 Å². The molecule has 0 aromatic carbocycles. The Hall–Kier alpha value is -1.88. The monoisotopic (exact) mass is 590 g/mol. The number of rotatable bonds is 31. The highest BCUT2D eigenvalue weighted by atomic mass is 16.6. The van der Waals surface area contributed by atoms with Crippen molar-refractivity contribution in [3.05, 3.63) is 36.5 Å². The minimum atomic E-state index is -0.967. The van der Waals surface area contributed by atoms with Gasteiger partial charge in [0, 0.05) is 12.8 Å². The highest BCUT2D eigenvalue weighted by Gasteiger charge is 2.12. The molecule has 0 aliphatic rings. The third-order valence-electron chi connectivity index (χ3n) is 7.39. The number of unbranched alkanes of at least 4 members (excludes halogenated alkanes) is 17. The molecule has 0 heterocycles. The molecule has 0 saturated carbocycles. The van der Waals surface area contributed by atoms with E-state index in [1.54, 1.807) is 0 Å². The topological polar surface area (TPSA) is 72.8 Å². The van der Waals surface area contributed by atoms with Crippen LogP contribution in [0.1, 0.15) is 168 Å². The fourth-order valence-corrected chi connectivity index (χ4v) is 4.75. The van der Waals surface area contributed by atoms with Gasteiger partial charge in [0.15, 0.2) is 0 Å². The predicted molar refractivity (Wildman–Crippen MR) is 178 cm³/mol. The number of hydrogen-bond donors (Lipinski definition) is 1. The molecule has 0 unspecified atom stereocenters. The second-order valence-electron chi connectivity index (χ2n) is 11.6. The molecule has 0 fully saturated rings. The van der Waals surface area contributed by atoms with Crippen molar-refractivity contribution in [2.75, 3.05) is 13.2 Å². The Morgan fingerprint density at radius 3 is 1.36 bits per heavy atom. The van der Waals surface area contributed by atoms with Crippen LogP contribution in [0, 0.1) is 0 Å². The van der Waals surface area contributed by atoms with Gasteiger partial charge in [-0.05, 0) is 44.9 Å². The van der Waals surface area contributed by atoms with Crippen LogP contribution < -0.4 is 0 Å². The zero-order valence-corrected chi connectivity index (χ0v) is 27.5. The molecule has 0 bridgehead atoms. The third kappa shape index (κ3) is 32.6. The normalized spacial score (nSPS) is 12.5. The maximum absolute atomic E-state index is 11.9. The van der Waals surface area contributed by atoms with E-state index in [-0.39, 0.29) is 25.2 Å². The summed E-state index contributed by atoms with van der Waals surface area (Å²) in [4.78, 5) is 23.8. The molecule has 0 aliphatic heterocycles. The smallest absolute Gasteiger partial charge is 0.305 e. The molecule has 5 nitrogen and oxygen atoms in total. The van der Waals surface area contributed by atoms with Crippen molar-refractivity contribution < 1.29 is 24.2 Å². The molecule has 0 rings (SSSR count). The van der Waals surface area contributed by atoms with E-state index < -0.39 is 6.10 Å². The van der Waals surface area contributed by atoms with Gasteiger partial charge in [0.25, 0.3) is 0 Å². The van der Waals surface area contributed by atoms with Crippen molar-refractivity contribution in [3.8, 4) is 0 Å². The molecule has 5 heteroatoms. The van der Waals surface area contributed by atoms with Crippen LogP contribution in [-0.4, -0.2) is 36.4 Å². The fraction of sp³-hybridized carbons (Fsp3) is 0.784. The zero-order valence-electron chi connectivity index (χ0n) is 27.5. The highest BCUT2D eigenvalue weighted by molar-refractivity contribution is 5.69. The van der Waals surface area contributed by atoms with Crippen LogP contribution in [-0.2, 0) is 19.1 Å². The Labute approximate surface area is 259 Å². The summed E-state index contributed by atoms with van der Waals surface area (Å²) in [5, 5.41) is 9.97. The van der Waals surface area contributed by atoms with Gasteiger partial charge in [-0.2, -0.15) is 0 Å². The molecular formula is C37H66O5. The van der Waals surface area contributed by atoms with E-state index in [1.165, 1.54) is 77.0 Å². The van der Waals surface area contributed by atoms with Gasteiger partial charge in [-0.25, -0.2) is 0 Å². The lowest BCUT2D eigenvalue weighted by Gasteiger charge is -2.12. The lowest BCUT2D eigenvalue weighted by atomic mass is 10.0. The number of aliphatic hydroxyl groups excluding tert-OH is 1. The summed E-state index contributed by atoms with van der Waals surface area (Å²) in [6.45, 7) is 4.16. The van der Waals surface area contributed by atoms with Gasteiger partial charge in [0.05, 0.1) is 0 Å². The van der Waals surface area contributed by atoms with Gasteiger partial charge < -0.3 is 14.6 Å². The van der Waals surface area contributed by atoms with Crippen molar-refractivity contribution in [3.63, 3.8) is 0 Å². The van der Waals surface area contributed by atoms with Gasteiger partial charge in [0.2, 0.25) is 0 Å². The summed E-state index contributed by atoms with van der Waals surface area (Å²) >= 11 is 0. The fourth-order valence-electron chi connectivity index (χ4n) is 4.75. The summed E-state index contributed by atoms with van der Waals surface area (Å²) in [5.41, 5.74) is 0. The maximum atomic E-state index is 11.9. The first-order valence-electron chi connectivity index (χ1n) is 17.5. The highest BCUT2D eigenvalue weighted by Crippen LogP contribution is 2.13. The van der Waals surface area contributed by atoms with E-state index in [4.69, 9.17) is 9.47 Å². The first-order chi connectivity index (χ1) is 20.6. The van der Waals surface area contributed by atoms with Crippen LogP contribution in [0.4, 0.5) is 0 Å². The lowest BCUT2D eigenvalue weighted by molar-refractivity contribution is -0.152. The molecular weight excluding hydrogens is 524 g/mol. The molecule has 1 atom stereocenters. The minimum absolute atomic E-state index is 0.119. The molecule has 244 valence electrons. The van der Waals surface area contributed by atoms with Crippen LogP contribution in [0.2, 0.25) is 0 Å². The molecule has 0 spiro atoms. The molecule has 0 aromatic rings. The van der Waals surface area contributed by atoms with Crippen LogP contribution in [0.25, 0.3) is 0 Å². The largest absolute Gasteiger partial charge is 0.463 e. The molecule has 42 heavy (non-hydrogen) atoms. The Bertz CT molecular complexity index is 682. The van der Waals surface area contributed by atoms with Crippen molar-refractivity contribution in [2.24, 2.45) is 0 Å². The zero-order chi connectivity index (χ0) is 30.8. The molecule has 0 radical (unpaired) electrons. The molecule has 0 aromatic heterocycles. The van der Waals surface area contributed by atoms with E-state index in [1.807, 2.05) is 0 Å². The molecule has 0 amide bonds. The summed E-state index contributed by atoms with van der Waals surface area (Å²) < 4.78 is 10.3. The summed E-state index contributed by atoms with van der Waals surface area (Å²) in [6, 6.07) is 0. The summed E-state index contributed by atoms with van der Waals surface area (Å²) in [6.07, 6.45) is 39.0. The number of esters is 2. The van der Waals surface area contributed by atoms with Crippen LogP contribution >= 0.6 is 0 Å². The van der Waals surface area contributed by atoms with Gasteiger partial charge in [-0.3, -0.25) is 9.59 Å². The molecule has 0 aliphatic carbocycles. The number of carbonyl (C=O) groups excluding carboxylic acids is 2. The SMILES string of the molecule is CC/C=C\C/C=C\C/C=C\CCCCCCCC(=O)OC[C@H](O)COC(=O)CCCCCCCCCCCCCCC. The Morgan fingerprint density at radius 2 is 0.905 bits per heavy atom. The lowest BCUT2D eigenvalue weighted by Crippen LogP contribution is -2.25. The average molecular weight is 591 g/mol. The summed E-state index contributed by atoms with van der Waals surface area (Å²) in [7, 11) is 0. The van der Waals surface area contributed by atoms with Gasteiger partial charge in [0.1, 0.15) is 19.3 Å². The van der Waals surface area contributed by atoms with Crippen molar-refractivity contribution >= 4 is 11.9 Å². The minimum Gasteiger partial charge on any atom is -0.463 e.